The molecule has 0 fully saturated rings. The number of sulfonamides is 1. The SMILES string of the molecule is CCNC(=O)C(C)Cn1cnc2c(F)cc(-c3cnc(OC)c(NS(=O)(=O)c4ccc(F)cc4Cl)c3)cc2c1=O. The minimum Gasteiger partial charge on any atom is -0.480 e. The number of hydrogen-bond acceptors (Lipinski definition) is 7. The third-order valence-electron chi connectivity index (χ3n) is 5.96. The summed E-state index contributed by atoms with van der Waals surface area (Å²) >= 11 is 5.94. The number of fused-ring (bicyclic) bond motifs is 1. The number of methoxy groups -OCH3 is 1. The number of aromatic nitrogens is 3. The lowest BCUT2D eigenvalue weighted by molar-refractivity contribution is -0.124. The minimum absolute atomic E-state index is 0.0292. The van der Waals surface area contributed by atoms with E-state index in [2.05, 4.69) is 20.0 Å². The molecule has 210 valence electrons. The lowest BCUT2D eigenvalue weighted by Gasteiger charge is -2.15. The number of nitrogens with one attached hydrogen (secondary N) is 2. The molecule has 0 aliphatic rings. The van der Waals surface area contributed by atoms with E-state index in [-0.39, 0.29) is 56.0 Å². The molecule has 1 amide bonds. The number of carbonyl (C=O) groups is 1. The summed E-state index contributed by atoms with van der Waals surface area (Å²) in [5.74, 6) is -2.38. The maximum absolute atomic E-state index is 15.1. The summed E-state index contributed by atoms with van der Waals surface area (Å²) in [5, 5.41) is 2.30. The van der Waals surface area contributed by atoms with Crippen LogP contribution in [0.2, 0.25) is 5.02 Å². The molecule has 1 unspecified atom stereocenters. The van der Waals surface area contributed by atoms with Crippen LogP contribution in [0.5, 0.6) is 5.88 Å². The van der Waals surface area contributed by atoms with Gasteiger partial charge in [0.1, 0.15) is 27.7 Å². The van der Waals surface area contributed by atoms with Crippen LogP contribution in [-0.2, 0) is 21.4 Å². The Hall–Kier alpha value is -4.10. The number of pyridine rings is 1. The average Bonchev–Trinajstić information content (AvgIpc) is 2.90. The highest BCUT2D eigenvalue weighted by atomic mass is 35.5. The fraction of sp³-hybridized carbons (Fsp3) is 0.231. The summed E-state index contributed by atoms with van der Waals surface area (Å²) in [5.41, 5.74) is -0.386. The van der Waals surface area contributed by atoms with E-state index in [0.29, 0.717) is 6.54 Å². The van der Waals surface area contributed by atoms with Crippen molar-refractivity contribution in [3.05, 3.63) is 75.9 Å². The van der Waals surface area contributed by atoms with Gasteiger partial charge in [-0.3, -0.25) is 18.9 Å². The summed E-state index contributed by atoms with van der Waals surface area (Å²) in [6.45, 7) is 3.90. The summed E-state index contributed by atoms with van der Waals surface area (Å²) in [6, 6.07) is 6.69. The van der Waals surface area contributed by atoms with E-state index in [1.54, 1.807) is 13.8 Å². The molecular weight excluding hydrogens is 568 g/mol. The lowest BCUT2D eigenvalue weighted by Crippen LogP contribution is -2.34. The first-order valence-corrected chi connectivity index (χ1v) is 13.8. The number of nitrogens with zero attached hydrogens (tertiary/aromatic N) is 3. The molecule has 2 aromatic carbocycles. The highest BCUT2D eigenvalue weighted by molar-refractivity contribution is 7.92. The van der Waals surface area contributed by atoms with Crippen LogP contribution in [0.3, 0.4) is 0 Å². The van der Waals surface area contributed by atoms with E-state index in [9.17, 15) is 22.4 Å². The van der Waals surface area contributed by atoms with Crippen molar-refractivity contribution in [2.75, 3.05) is 18.4 Å². The normalized spacial score (nSPS) is 12.2. The maximum atomic E-state index is 15.1. The maximum Gasteiger partial charge on any atom is 0.263 e. The fourth-order valence-electron chi connectivity index (χ4n) is 3.99. The van der Waals surface area contributed by atoms with Gasteiger partial charge in [-0.15, -0.1) is 0 Å². The molecule has 0 aliphatic carbocycles. The topological polar surface area (TPSA) is 132 Å². The van der Waals surface area contributed by atoms with Gasteiger partial charge in [-0.1, -0.05) is 18.5 Å². The van der Waals surface area contributed by atoms with Gasteiger partial charge in [0.2, 0.25) is 11.8 Å². The second kappa shape index (κ2) is 11.6. The molecule has 0 radical (unpaired) electrons. The van der Waals surface area contributed by atoms with Crippen molar-refractivity contribution >= 4 is 44.1 Å². The monoisotopic (exact) mass is 591 g/mol. The molecular formula is C26H24ClF2N5O5S. The predicted octanol–water partition coefficient (Wildman–Crippen LogP) is 3.97. The zero-order valence-corrected chi connectivity index (χ0v) is 23.1. The standard InChI is InChI=1S/C26H24ClF2N5O5S/c1-4-30-24(35)14(2)12-34-13-32-23-18(26(34)36)7-15(8-20(23)29)16-9-21(25(39-3)31-11-16)33-40(37,38)22-6-5-17(28)10-19(22)27/h5-11,13-14,33H,4,12H2,1-3H3,(H,30,35). The van der Waals surface area contributed by atoms with E-state index < -0.39 is 33.1 Å². The molecule has 1 atom stereocenters. The zero-order chi connectivity index (χ0) is 29.2. The Morgan fingerprint density at radius 3 is 2.58 bits per heavy atom. The van der Waals surface area contributed by atoms with Crippen LogP contribution >= 0.6 is 11.6 Å². The van der Waals surface area contributed by atoms with Crippen LogP contribution in [-0.4, -0.2) is 42.5 Å². The number of amides is 1. The summed E-state index contributed by atoms with van der Waals surface area (Å²) in [6.07, 6.45) is 2.50. The minimum atomic E-state index is -4.31. The van der Waals surface area contributed by atoms with Gasteiger partial charge in [0.15, 0.2) is 0 Å². The summed E-state index contributed by atoms with van der Waals surface area (Å²) in [7, 11) is -3.03. The van der Waals surface area contributed by atoms with Crippen LogP contribution in [0.25, 0.3) is 22.0 Å². The van der Waals surface area contributed by atoms with Crippen LogP contribution in [0.4, 0.5) is 14.5 Å². The second-order valence-corrected chi connectivity index (χ2v) is 10.9. The van der Waals surface area contributed by atoms with Crippen molar-refractivity contribution in [1.29, 1.82) is 0 Å². The van der Waals surface area contributed by atoms with Gasteiger partial charge in [0.05, 0.1) is 29.8 Å². The van der Waals surface area contributed by atoms with Gasteiger partial charge in [0.25, 0.3) is 15.6 Å². The van der Waals surface area contributed by atoms with Gasteiger partial charge in [-0.25, -0.2) is 27.2 Å². The number of halogens is 3. The molecule has 0 saturated carbocycles. The first kappa shape index (κ1) is 28.9. The van der Waals surface area contributed by atoms with Crippen molar-refractivity contribution in [3.8, 4) is 17.0 Å². The van der Waals surface area contributed by atoms with E-state index in [4.69, 9.17) is 16.3 Å². The quantitative estimate of drug-likeness (QED) is 0.301. The molecule has 2 N–H and O–H groups in total. The molecule has 4 aromatic rings. The molecule has 0 bridgehead atoms. The van der Waals surface area contributed by atoms with E-state index in [1.165, 1.54) is 36.3 Å². The number of anilines is 1. The molecule has 40 heavy (non-hydrogen) atoms. The Bertz CT molecular complexity index is 1780. The third kappa shape index (κ3) is 5.89. The van der Waals surface area contributed by atoms with Gasteiger partial charge < -0.3 is 10.1 Å². The Morgan fingerprint density at radius 1 is 1.15 bits per heavy atom. The van der Waals surface area contributed by atoms with Gasteiger partial charge >= 0.3 is 0 Å². The molecule has 2 aromatic heterocycles. The Kier molecular flexibility index (Phi) is 8.35. The number of benzene rings is 2. The van der Waals surface area contributed by atoms with Crippen molar-refractivity contribution < 1.29 is 26.7 Å². The molecule has 10 nitrogen and oxygen atoms in total. The number of rotatable bonds is 9. The van der Waals surface area contributed by atoms with Crippen LogP contribution < -0.4 is 20.3 Å². The summed E-state index contributed by atoms with van der Waals surface area (Å²) in [4.78, 5) is 33.1. The highest BCUT2D eigenvalue weighted by Gasteiger charge is 2.22. The van der Waals surface area contributed by atoms with Gasteiger partial charge in [-0.05, 0) is 48.9 Å². The fourth-order valence-corrected chi connectivity index (χ4v) is 5.57. The second-order valence-electron chi connectivity index (χ2n) is 8.81. The predicted molar refractivity (Wildman–Crippen MR) is 146 cm³/mol. The van der Waals surface area contributed by atoms with Crippen molar-refractivity contribution in [3.63, 3.8) is 0 Å². The number of hydrogen-bond donors (Lipinski definition) is 2. The van der Waals surface area contributed by atoms with Crippen LogP contribution in [0, 0.1) is 17.6 Å². The molecule has 2 heterocycles. The average molecular weight is 592 g/mol. The Labute approximate surface area is 233 Å². The van der Waals surface area contributed by atoms with Crippen LogP contribution in [0.15, 0.2) is 58.6 Å². The number of ether oxygens (including phenoxy) is 1. The number of carbonyl (C=O) groups excluding carboxylic acids is 1. The van der Waals surface area contributed by atoms with Gasteiger partial charge in [0, 0.05) is 24.8 Å². The molecule has 0 saturated heterocycles. The summed E-state index contributed by atoms with van der Waals surface area (Å²) < 4.78 is 63.2. The van der Waals surface area contributed by atoms with Crippen molar-refractivity contribution in [1.82, 2.24) is 19.9 Å². The molecule has 0 aliphatic heterocycles. The first-order valence-electron chi connectivity index (χ1n) is 11.9. The molecule has 14 heteroatoms. The smallest absolute Gasteiger partial charge is 0.263 e. The molecule has 0 spiro atoms. The van der Waals surface area contributed by atoms with E-state index in [0.717, 1.165) is 24.3 Å². The Balaban J connectivity index is 1.76. The lowest BCUT2D eigenvalue weighted by atomic mass is 10.0. The van der Waals surface area contributed by atoms with Crippen LogP contribution in [0.1, 0.15) is 13.8 Å². The highest BCUT2D eigenvalue weighted by Crippen LogP contribution is 2.33. The van der Waals surface area contributed by atoms with E-state index in [1.807, 2.05) is 0 Å². The molecule has 4 rings (SSSR count). The first-order chi connectivity index (χ1) is 18.9. The van der Waals surface area contributed by atoms with E-state index >= 15 is 4.39 Å². The van der Waals surface area contributed by atoms with Crippen molar-refractivity contribution in [2.24, 2.45) is 5.92 Å². The zero-order valence-electron chi connectivity index (χ0n) is 21.5. The van der Waals surface area contributed by atoms with Crippen molar-refractivity contribution in [2.45, 2.75) is 25.3 Å². The third-order valence-corrected chi connectivity index (χ3v) is 7.80. The van der Waals surface area contributed by atoms with Gasteiger partial charge in [-0.2, -0.15) is 0 Å². The Morgan fingerprint density at radius 2 is 1.90 bits per heavy atom. The largest absolute Gasteiger partial charge is 0.480 e.